The molecule has 0 amide bonds. The Morgan fingerprint density at radius 2 is 1.89 bits per heavy atom. The van der Waals surface area contributed by atoms with Crippen molar-refractivity contribution in [2.45, 2.75) is 32.7 Å². The van der Waals surface area contributed by atoms with Gasteiger partial charge in [0, 0.05) is 36.3 Å². The monoisotopic (exact) mass is 399 g/mol. The smallest absolute Gasteiger partial charge is 0.191 e. The first-order valence-electron chi connectivity index (χ1n) is 9.04. The van der Waals surface area contributed by atoms with Gasteiger partial charge in [0.25, 0.3) is 0 Å². The Morgan fingerprint density at radius 1 is 1.07 bits per heavy atom. The summed E-state index contributed by atoms with van der Waals surface area (Å²) in [6.07, 6.45) is 0.860. The zero-order valence-corrected chi connectivity index (χ0v) is 17.5. The van der Waals surface area contributed by atoms with E-state index in [0.29, 0.717) is 12.5 Å². The van der Waals surface area contributed by atoms with Crippen LogP contribution in [0.2, 0.25) is 0 Å². The number of hydrogen-bond donors (Lipinski definition) is 2. The number of thiazole rings is 2. The summed E-state index contributed by atoms with van der Waals surface area (Å²) in [6, 6.07) is 10.3. The Morgan fingerprint density at radius 3 is 2.59 bits per heavy atom. The molecule has 2 N–H and O–H groups in total. The van der Waals surface area contributed by atoms with Gasteiger partial charge in [0.2, 0.25) is 0 Å². The Kier molecular flexibility index (Phi) is 6.95. The molecule has 142 valence electrons. The van der Waals surface area contributed by atoms with Crippen LogP contribution in [0.5, 0.6) is 0 Å². The average molecular weight is 400 g/mol. The standard InChI is InChI=1S/C20H25N5S2/c1-14(2)17-13-26-18(25-17)11-23-20(21-3)22-10-9-16-12-27-19(24-16)15-7-5-4-6-8-15/h4-8,12-14H,9-11H2,1-3H3,(H2,21,22,23). The molecule has 0 aliphatic heterocycles. The van der Waals surface area contributed by atoms with E-state index in [-0.39, 0.29) is 0 Å². The van der Waals surface area contributed by atoms with E-state index in [1.807, 2.05) is 18.2 Å². The third-order valence-corrected chi connectivity index (χ3v) is 5.84. The van der Waals surface area contributed by atoms with Crippen molar-refractivity contribution >= 4 is 28.6 Å². The minimum Gasteiger partial charge on any atom is -0.356 e. The van der Waals surface area contributed by atoms with Gasteiger partial charge in [0.15, 0.2) is 5.96 Å². The van der Waals surface area contributed by atoms with Crippen molar-refractivity contribution in [2.75, 3.05) is 13.6 Å². The van der Waals surface area contributed by atoms with Crippen LogP contribution in [0.1, 0.15) is 36.2 Å². The van der Waals surface area contributed by atoms with Crippen molar-refractivity contribution in [3.63, 3.8) is 0 Å². The third-order valence-electron chi connectivity index (χ3n) is 4.04. The van der Waals surface area contributed by atoms with Crippen LogP contribution in [0.25, 0.3) is 10.6 Å². The number of hydrogen-bond acceptors (Lipinski definition) is 5. The van der Waals surface area contributed by atoms with E-state index in [1.54, 1.807) is 29.7 Å². The molecule has 0 aliphatic rings. The lowest BCUT2D eigenvalue weighted by Crippen LogP contribution is -2.37. The van der Waals surface area contributed by atoms with Crippen molar-refractivity contribution in [2.24, 2.45) is 4.99 Å². The number of aliphatic imine (C=N–C) groups is 1. The first kappa shape index (κ1) is 19.5. The first-order valence-corrected chi connectivity index (χ1v) is 10.8. The third kappa shape index (κ3) is 5.61. The molecule has 2 heterocycles. The molecular formula is C20H25N5S2. The average Bonchev–Trinajstić information content (AvgIpc) is 3.35. The fourth-order valence-electron chi connectivity index (χ4n) is 2.50. The normalized spacial score (nSPS) is 11.8. The molecule has 0 atom stereocenters. The Balaban J connectivity index is 1.45. The summed E-state index contributed by atoms with van der Waals surface area (Å²) in [7, 11) is 1.78. The predicted molar refractivity (Wildman–Crippen MR) is 116 cm³/mol. The highest BCUT2D eigenvalue weighted by molar-refractivity contribution is 7.13. The molecule has 7 heteroatoms. The number of nitrogens with one attached hydrogen (secondary N) is 2. The van der Waals surface area contributed by atoms with E-state index in [4.69, 9.17) is 4.98 Å². The molecule has 5 nitrogen and oxygen atoms in total. The molecule has 0 aliphatic carbocycles. The summed E-state index contributed by atoms with van der Waals surface area (Å²) in [5.74, 6) is 1.25. The Hall–Kier alpha value is -2.25. The Bertz CT molecular complexity index is 867. The summed E-state index contributed by atoms with van der Waals surface area (Å²) in [4.78, 5) is 13.6. The highest BCUT2D eigenvalue weighted by Gasteiger charge is 2.07. The summed E-state index contributed by atoms with van der Waals surface area (Å²) in [6.45, 7) is 5.79. The maximum atomic E-state index is 4.73. The Labute approximate surface area is 168 Å². The lowest BCUT2D eigenvalue weighted by molar-refractivity contribution is 0.774. The molecule has 0 bridgehead atoms. The van der Waals surface area contributed by atoms with E-state index < -0.39 is 0 Å². The van der Waals surface area contributed by atoms with Crippen LogP contribution >= 0.6 is 22.7 Å². The van der Waals surface area contributed by atoms with Crippen LogP contribution in [0.3, 0.4) is 0 Å². The quantitative estimate of drug-likeness (QED) is 0.459. The lowest BCUT2D eigenvalue weighted by Gasteiger charge is -2.10. The van der Waals surface area contributed by atoms with Crippen LogP contribution in [-0.2, 0) is 13.0 Å². The van der Waals surface area contributed by atoms with E-state index in [0.717, 1.165) is 40.3 Å². The van der Waals surface area contributed by atoms with Crippen LogP contribution in [0.4, 0.5) is 0 Å². The molecule has 3 aromatic rings. The molecule has 1 aromatic carbocycles. The second-order valence-corrected chi connectivity index (χ2v) is 8.23. The van der Waals surface area contributed by atoms with Gasteiger partial charge in [0.1, 0.15) is 10.0 Å². The van der Waals surface area contributed by atoms with Gasteiger partial charge in [-0.25, -0.2) is 9.97 Å². The second kappa shape index (κ2) is 9.62. The van der Waals surface area contributed by atoms with Crippen molar-refractivity contribution in [1.82, 2.24) is 20.6 Å². The van der Waals surface area contributed by atoms with E-state index in [2.05, 4.69) is 57.4 Å². The topological polar surface area (TPSA) is 62.2 Å². The number of rotatable bonds is 7. The minimum atomic E-state index is 0.464. The molecule has 0 saturated carbocycles. The van der Waals surface area contributed by atoms with Crippen molar-refractivity contribution in [3.8, 4) is 10.6 Å². The zero-order chi connectivity index (χ0) is 19.1. The van der Waals surface area contributed by atoms with E-state index >= 15 is 0 Å². The largest absolute Gasteiger partial charge is 0.356 e. The number of aromatic nitrogens is 2. The molecule has 2 aromatic heterocycles. The highest BCUT2D eigenvalue weighted by atomic mass is 32.1. The summed E-state index contributed by atoms with van der Waals surface area (Å²) in [5, 5.41) is 13.1. The second-order valence-electron chi connectivity index (χ2n) is 6.43. The number of benzene rings is 1. The van der Waals surface area contributed by atoms with Gasteiger partial charge in [-0.3, -0.25) is 4.99 Å². The summed E-state index contributed by atoms with van der Waals surface area (Å²) >= 11 is 3.37. The summed E-state index contributed by atoms with van der Waals surface area (Å²) < 4.78 is 0. The SMILES string of the molecule is CN=C(NCCc1csc(-c2ccccc2)n1)NCc1nc(C(C)C)cs1. The molecule has 0 saturated heterocycles. The van der Waals surface area contributed by atoms with Gasteiger partial charge in [-0.05, 0) is 5.92 Å². The predicted octanol–water partition coefficient (Wildman–Crippen LogP) is 4.30. The van der Waals surface area contributed by atoms with Crippen molar-refractivity contribution in [3.05, 3.63) is 57.5 Å². The van der Waals surface area contributed by atoms with Gasteiger partial charge in [0.05, 0.1) is 17.9 Å². The molecule has 0 radical (unpaired) electrons. The van der Waals surface area contributed by atoms with Crippen LogP contribution < -0.4 is 10.6 Å². The molecular weight excluding hydrogens is 374 g/mol. The van der Waals surface area contributed by atoms with Gasteiger partial charge in [-0.15, -0.1) is 22.7 Å². The van der Waals surface area contributed by atoms with Crippen LogP contribution in [0.15, 0.2) is 46.1 Å². The minimum absolute atomic E-state index is 0.464. The lowest BCUT2D eigenvalue weighted by atomic mass is 10.2. The zero-order valence-electron chi connectivity index (χ0n) is 15.9. The number of guanidine groups is 1. The van der Waals surface area contributed by atoms with E-state index in [1.165, 1.54) is 5.56 Å². The van der Waals surface area contributed by atoms with Crippen molar-refractivity contribution < 1.29 is 0 Å². The van der Waals surface area contributed by atoms with Crippen molar-refractivity contribution in [1.29, 1.82) is 0 Å². The molecule has 27 heavy (non-hydrogen) atoms. The fourth-order valence-corrected chi connectivity index (χ4v) is 4.25. The van der Waals surface area contributed by atoms with Gasteiger partial charge in [-0.1, -0.05) is 44.2 Å². The fraction of sp³-hybridized carbons (Fsp3) is 0.350. The molecule has 0 fully saturated rings. The number of nitrogens with zero attached hydrogens (tertiary/aromatic N) is 3. The first-order chi connectivity index (χ1) is 13.2. The molecule has 0 spiro atoms. The summed E-state index contributed by atoms with van der Waals surface area (Å²) in [5.41, 5.74) is 3.42. The van der Waals surface area contributed by atoms with Gasteiger partial charge in [-0.2, -0.15) is 0 Å². The van der Waals surface area contributed by atoms with Crippen LogP contribution in [-0.4, -0.2) is 29.5 Å². The maximum Gasteiger partial charge on any atom is 0.191 e. The van der Waals surface area contributed by atoms with E-state index in [9.17, 15) is 0 Å². The molecule has 3 rings (SSSR count). The maximum absolute atomic E-state index is 4.73. The molecule has 0 unspecified atom stereocenters. The van der Waals surface area contributed by atoms with Gasteiger partial charge >= 0.3 is 0 Å². The van der Waals surface area contributed by atoms with Gasteiger partial charge < -0.3 is 10.6 Å². The highest BCUT2D eigenvalue weighted by Crippen LogP contribution is 2.23. The van der Waals surface area contributed by atoms with Crippen LogP contribution in [0, 0.1) is 0 Å².